The van der Waals surface area contributed by atoms with Crippen LogP contribution in [-0.2, 0) is 11.3 Å². The predicted molar refractivity (Wildman–Crippen MR) is 99.4 cm³/mol. The van der Waals surface area contributed by atoms with Gasteiger partial charge in [-0.05, 0) is 50.9 Å². The number of aryl methyl sites for hydroxylation is 1. The first-order chi connectivity index (χ1) is 11.6. The van der Waals surface area contributed by atoms with Gasteiger partial charge in [0, 0.05) is 21.9 Å². The Bertz CT molecular complexity index is 693. The molecule has 1 saturated heterocycles. The zero-order valence-electron chi connectivity index (χ0n) is 13.8. The number of hydrogen-bond acceptors (Lipinski definition) is 4. The Labute approximate surface area is 151 Å². The average molecular weight is 364 g/mol. The SMILES string of the molecule is Cc1sc(CNC(=O)CCC2CCNC2)nc1-c1ccc(Cl)cc1. The van der Waals surface area contributed by atoms with Crippen LogP contribution in [0.2, 0.25) is 5.02 Å². The number of thiazole rings is 1. The Hall–Kier alpha value is -1.43. The minimum Gasteiger partial charge on any atom is -0.350 e. The average Bonchev–Trinajstić information content (AvgIpc) is 3.21. The lowest BCUT2D eigenvalue weighted by atomic mass is 10.0. The van der Waals surface area contributed by atoms with Crippen LogP contribution in [0.5, 0.6) is 0 Å². The van der Waals surface area contributed by atoms with Gasteiger partial charge < -0.3 is 10.6 Å². The van der Waals surface area contributed by atoms with E-state index in [2.05, 4.69) is 22.5 Å². The zero-order chi connectivity index (χ0) is 16.9. The van der Waals surface area contributed by atoms with E-state index < -0.39 is 0 Å². The van der Waals surface area contributed by atoms with Crippen molar-refractivity contribution in [2.45, 2.75) is 32.7 Å². The zero-order valence-corrected chi connectivity index (χ0v) is 15.3. The van der Waals surface area contributed by atoms with E-state index in [9.17, 15) is 4.79 Å². The van der Waals surface area contributed by atoms with Crippen molar-refractivity contribution in [2.24, 2.45) is 5.92 Å². The van der Waals surface area contributed by atoms with E-state index in [4.69, 9.17) is 11.6 Å². The third-order valence-corrected chi connectivity index (χ3v) is 5.56. The normalized spacial score (nSPS) is 17.2. The van der Waals surface area contributed by atoms with E-state index in [1.54, 1.807) is 11.3 Å². The number of amides is 1. The number of carbonyl (C=O) groups is 1. The van der Waals surface area contributed by atoms with E-state index in [1.165, 1.54) is 6.42 Å². The van der Waals surface area contributed by atoms with Gasteiger partial charge in [0.2, 0.25) is 5.91 Å². The Balaban J connectivity index is 1.53. The van der Waals surface area contributed by atoms with Gasteiger partial charge >= 0.3 is 0 Å². The molecule has 1 aliphatic heterocycles. The summed E-state index contributed by atoms with van der Waals surface area (Å²) < 4.78 is 0. The topological polar surface area (TPSA) is 54.0 Å². The van der Waals surface area contributed by atoms with Gasteiger partial charge in [0.25, 0.3) is 0 Å². The monoisotopic (exact) mass is 363 g/mol. The van der Waals surface area contributed by atoms with Crippen LogP contribution in [0.4, 0.5) is 0 Å². The second kappa shape index (κ2) is 8.10. The fraction of sp³-hybridized carbons (Fsp3) is 0.444. The molecule has 1 aromatic heterocycles. The number of nitrogens with one attached hydrogen (secondary N) is 2. The maximum Gasteiger partial charge on any atom is 0.220 e. The molecule has 6 heteroatoms. The number of aromatic nitrogens is 1. The van der Waals surface area contributed by atoms with Crippen LogP contribution in [0.25, 0.3) is 11.3 Å². The highest BCUT2D eigenvalue weighted by molar-refractivity contribution is 7.12. The molecule has 1 atom stereocenters. The highest BCUT2D eigenvalue weighted by atomic mass is 35.5. The molecular formula is C18H22ClN3OS. The molecule has 0 spiro atoms. The third kappa shape index (κ3) is 4.56. The van der Waals surface area contributed by atoms with Crippen molar-refractivity contribution < 1.29 is 4.79 Å². The van der Waals surface area contributed by atoms with Crippen LogP contribution in [0.1, 0.15) is 29.1 Å². The van der Waals surface area contributed by atoms with Crippen molar-refractivity contribution >= 4 is 28.8 Å². The van der Waals surface area contributed by atoms with Crippen molar-refractivity contribution in [1.29, 1.82) is 0 Å². The molecule has 4 nitrogen and oxygen atoms in total. The highest BCUT2D eigenvalue weighted by Gasteiger charge is 2.16. The van der Waals surface area contributed by atoms with Gasteiger partial charge in [0.15, 0.2) is 0 Å². The van der Waals surface area contributed by atoms with Gasteiger partial charge in [-0.1, -0.05) is 23.7 Å². The Morgan fingerprint density at radius 3 is 2.92 bits per heavy atom. The van der Waals surface area contributed by atoms with Crippen LogP contribution in [0.3, 0.4) is 0 Å². The van der Waals surface area contributed by atoms with Gasteiger partial charge in [-0.2, -0.15) is 0 Å². The second-order valence-corrected chi connectivity index (χ2v) is 7.92. The van der Waals surface area contributed by atoms with Crippen LogP contribution in [-0.4, -0.2) is 24.0 Å². The molecule has 2 heterocycles. The number of rotatable bonds is 6. The summed E-state index contributed by atoms with van der Waals surface area (Å²) in [5.41, 5.74) is 2.03. The van der Waals surface area contributed by atoms with Crippen LogP contribution in [0.15, 0.2) is 24.3 Å². The largest absolute Gasteiger partial charge is 0.350 e. The summed E-state index contributed by atoms with van der Waals surface area (Å²) in [6, 6.07) is 7.69. The van der Waals surface area contributed by atoms with Crippen molar-refractivity contribution in [3.8, 4) is 11.3 Å². The van der Waals surface area contributed by atoms with Gasteiger partial charge in [-0.15, -0.1) is 11.3 Å². The molecule has 0 aliphatic carbocycles. The molecule has 1 fully saturated rings. The Morgan fingerprint density at radius 1 is 1.42 bits per heavy atom. The molecule has 2 aromatic rings. The summed E-state index contributed by atoms with van der Waals surface area (Å²) in [7, 11) is 0. The van der Waals surface area contributed by atoms with Crippen molar-refractivity contribution in [1.82, 2.24) is 15.6 Å². The molecule has 24 heavy (non-hydrogen) atoms. The van der Waals surface area contributed by atoms with E-state index in [1.807, 2.05) is 24.3 Å². The number of hydrogen-bond donors (Lipinski definition) is 2. The minimum atomic E-state index is 0.114. The van der Waals surface area contributed by atoms with E-state index in [0.717, 1.165) is 45.7 Å². The first kappa shape index (κ1) is 17.4. The van der Waals surface area contributed by atoms with Gasteiger partial charge in [-0.25, -0.2) is 4.98 Å². The first-order valence-electron chi connectivity index (χ1n) is 8.31. The molecule has 1 aliphatic rings. The van der Waals surface area contributed by atoms with Crippen molar-refractivity contribution in [3.63, 3.8) is 0 Å². The molecule has 0 saturated carbocycles. The van der Waals surface area contributed by atoms with E-state index >= 15 is 0 Å². The van der Waals surface area contributed by atoms with Crippen LogP contribution < -0.4 is 10.6 Å². The summed E-state index contributed by atoms with van der Waals surface area (Å²) in [5.74, 6) is 0.761. The van der Waals surface area contributed by atoms with Crippen molar-refractivity contribution in [2.75, 3.05) is 13.1 Å². The first-order valence-corrected chi connectivity index (χ1v) is 9.51. The third-order valence-electron chi connectivity index (χ3n) is 4.34. The summed E-state index contributed by atoms with van der Waals surface area (Å²) in [6.07, 6.45) is 2.75. The summed E-state index contributed by atoms with van der Waals surface area (Å²) in [4.78, 5) is 17.8. The van der Waals surface area contributed by atoms with Gasteiger partial charge in [0.05, 0.1) is 12.2 Å². The number of benzene rings is 1. The molecule has 1 aromatic carbocycles. The number of carbonyl (C=O) groups excluding carboxylic acids is 1. The summed E-state index contributed by atoms with van der Waals surface area (Å²) in [6.45, 7) is 4.68. The Morgan fingerprint density at radius 2 is 2.21 bits per heavy atom. The predicted octanol–water partition coefficient (Wildman–Crippen LogP) is 3.78. The van der Waals surface area contributed by atoms with E-state index in [-0.39, 0.29) is 5.91 Å². The lowest BCUT2D eigenvalue weighted by molar-refractivity contribution is -0.121. The smallest absolute Gasteiger partial charge is 0.220 e. The van der Waals surface area contributed by atoms with Gasteiger partial charge in [-0.3, -0.25) is 4.79 Å². The van der Waals surface area contributed by atoms with Crippen LogP contribution >= 0.6 is 22.9 Å². The minimum absolute atomic E-state index is 0.114. The molecule has 0 bridgehead atoms. The Kier molecular flexibility index (Phi) is 5.87. The fourth-order valence-electron chi connectivity index (χ4n) is 2.96. The molecular weight excluding hydrogens is 342 g/mol. The lowest BCUT2D eigenvalue weighted by Gasteiger charge is -2.07. The lowest BCUT2D eigenvalue weighted by Crippen LogP contribution is -2.23. The van der Waals surface area contributed by atoms with E-state index in [0.29, 0.717) is 18.9 Å². The maximum atomic E-state index is 12.0. The molecule has 3 rings (SSSR count). The van der Waals surface area contributed by atoms with Gasteiger partial charge in [0.1, 0.15) is 5.01 Å². The number of halogens is 1. The summed E-state index contributed by atoms with van der Waals surface area (Å²) >= 11 is 7.57. The summed E-state index contributed by atoms with van der Waals surface area (Å²) in [5, 5.41) is 7.98. The molecule has 2 N–H and O–H groups in total. The standard InChI is InChI=1S/C18H22ClN3OS/c1-12-18(14-3-5-15(19)6-4-14)22-17(24-12)11-21-16(23)7-2-13-8-9-20-10-13/h3-6,13,20H,2,7-11H2,1H3,(H,21,23). The molecule has 0 radical (unpaired) electrons. The molecule has 128 valence electrons. The highest BCUT2D eigenvalue weighted by Crippen LogP contribution is 2.28. The molecule has 1 amide bonds. The molecule has 1 unspecified atom stereocenters. The quantitative estimate of drug-likeness (QED) is 0.821. The fourth-order valence-corrected chi connectivity index (χ4v) is 3.98. The van der Waals surface area contributed by atoms with Crippen molar-refractivity contribution in [3.05, 3.63) is 39.2 Å². The number of nitrogens with zero attached hydrogens (tertiary/aromatic N) is 1. The second-order valence-electron chi connectivity index (χ2n) is 6.19. The maximum absolute atomic E-state index is 12.0. The van der Waals surface area contributed by atoms with Crippen LogP contribution in [0, 0.1) is 12.8 Å².